The standard InChI is InChI=1S/C11H20N2O4/c1-7-3-4-8(5-7)13-10(16)12-6-11(2,17)9(14)15/h7-8,17H,3-6H2,1-2H3,(H,14,15)(H2,12,13,16). The Morgan fingerprint density at radius 3 is 2.53 bits per heavy atom. The lowest BCUT2D eigenvalue weighted by Gasteiger charge is -2.19. The van der Waals surface area contributed by atoms with E-state index in [4.69, 9.17) is 5.11 Å². The second kappa shape index (κ2) is 5.35. The van der Waals surface area contributed by atoms with Crippen LogP contribution < -0.4 is 10.6 Å². The highest BCUT2D eigenvalue weighted by molar-refractivity contribution is 5.79. The molecule has 6 nitrogen and oxygen atoms in total. The average molecular weight is 244 g/mol. The van der Waals surface area contributed by atoms with E-state index in [1.165, 1.54) is 0 Å². The maximum atomic E-state index is 11.4. The van der Waals surface area contributed by atoms with Gasteiger partial charge in [0.25, 0.3) is 0 Å². The topological polar surface area (TPSA) is 98.7 Å². The zero-order valence-electron chi connectivity index (χ0n) is 10.2. The zero-order chi connectivity index (χ0) is 13.1. The summed E-state index contributed by atoms with van der Waals surface area (Å²) in [5.74, 6) is -0.741. The molecule has 1 saturated carbocycles. The molecule has 2 amide bonds. The van der Waals surface area contributed by atoms with E-state index in [9.17, 15) is 14.7 Å². The van der Waals surface area contributed by atoms with E-state index < -0.39 is 17.6 Å². The molecule has 17 heavy (non-hydrogen) atoms. The number of aliphatic carboxylic acids is 1. The van der Waals surface area contributed by atoms with Crippen LogP contribution in [0, 0.1) is 5.92 Å². The summed E-state index contributed by atoms with van der Waals surface area (Å²) in [7, 11) is 0. The van der Waals surface area contributed by atoms with E-state index >= 15 is 0 Å². The molecule has 98 valence electrons. The molecule has 1 rings (SSSR count). The molecule has 0 aromatic rings. The molecule has 0 aromatic heterocycles. The summed E-state index contributed by atoms with van der Waals surface area (Å²) < 4.78 is 0. The molecule has 0 aliphatic heterocycles. The molecule has 1 aliphatic rings. The molecule has 3 atom stereocenters. The third-order valence-electron chi connectivity index (χ3n) is 3.08. The third kappa shape index (κ3) is 4.22. The normalized spacial score (nSPS) is 27.2. The van der Waals surface area contributed by atoms with Crippen LogP contribution >= 0.6 is 0 Å². The van der Waals surface area contributed by atoms with Gasteiger partial charge in [-0.2, -0.15) is 0 Å². The molecule has 4 N–H and O–H groups in total. The van der Waals surface area contributed by atoms with Crippen molar-refractivity contribution in [1.29, 1.82) is 0 Å². The highest BCUT2D eigenvalue weighted by atomic mass is 16.4. The third-order valence-corrected chi connectivity index (χ3v) is 3.08. The van der Waals surface area contributed by atoms with Gasteiger partial charge in [0.1, 0.15) is 0 Å². The van der Waals surface area contributed by atoms with E-state index in [1.807, 2.05) is 0 Å². The average Bonchev–Trinajstić information content (AvgIpc) is 2.61. The molecule has 0 aromatic carbocycles. The van der Waals surface area contributed by atoms with Crippen LogP contribution in [0.1, 0.15) is 33.1 Å². The Hall–Kier alpha value is -1.30. The minimum absolute atomic E-state index is 0.153. The van der Waals surface area contributed by atoms with Gasteiger partial charge < -0.3 is 20.8 Å². The Bertz CT molecular complexity index is 304. The molecule has 1 fully saturated rings. The smallest absolute Gasteiger partial charge is 0.337 e. The van der Waals surface area contributed by atoms with Crippen LogP contribution in [0.5, 0.6) is 0 Å². The van der Waals surface area contributed by atoms with Crippen LogP contribution in [0.25, 0.3) is 0 Å². The van der Waals surface area contributed by atoms with E-state index in [2.05, 4.69) is 17.6 Å². The fourth-order valence-corrected chi connectivity index (χ4v) is 1.90. The quantitative estimate of drug-likeness (QED) is 0.572. The van der Waals surface area contributed by atoms with Gasteiger partial charge in [-0.3, -0.25) is 0 Å². The van der Waals surface area contributed by atoms with E-state index in [-0.39, 0.29) is 12.6 Å². The van der Waals surface area contributed by atoms with Gasteiger partial charge in [-0.05, 0) is 32.1 Å². The lowest BCUT2D eigenvalue weighted by atomic mass is 10.1. The fourth-order valence-electron chi connectivity index (χ4n) is 1.90. The van der Waals surface area contributed by atoms with Crippen molar-refractivity contribution in [3.8, 4) is 0 Å². The van der Waals surface area contributed by atoms with Gasteiger partial charge in [0.2, 0.25) is 0 Å². The van der Waals surface area contributed by atoms with Crippen molar-refractivity contribution >= 4 is 12.0 Å². The van der Waals surface area contributed by atoms with Crippen molar-refractivity contribution in [2.45, 2.75) is 44.8 Å². The van der Waals surface area contributed by atoms with Crippen LogP contribution in [0.3, 0.4) is 0 Å². The van der Waals surface area contributed by atoms with E-state index in [0.717, 1.165) is 26.2 Å². The van der Waals surface area contributed by atoms with Gasteiger partial charge >= 0.3 is 12.0 Å². The number of hydrogen-bond donors (Lipinski definition) is 4. The molecule has 6 heteroatoms. The first kappa shape index (κ1) is 13.8. The van der Waals surface area contributed by atoms with Crippen molar-refractivity contribution in [1.82, 2.24) is 10.6 Å². The summed E-state index contributed by atoms with van der Waals surface area (Å²) in [6, 6.07) is -0.273. The number of carboxylic acid groups (broad SMARTS) is 1. The van der Waals surface area contributed by atoms with Crippen LogP contribution in [-0.2, 0) is 4.79 Å². The SMILES string of the molecule is CC1CCC(NC(=O)NCC(C)(O)C(=O)O)C1. The number of amides is 2. The van der Waals surface area contributed by atoms with Crippen LogP contribution in [-0.4, -0.2) is 40.4 Å². The number of urea groups is 1. The second-order valence-electron chi connectivity index (χ2n) is 5.02. The van der Waals surface area contributed by atoms with Crippen molar-refractivity contribution in [3.05, 3.63) is 0 Å². The first-order chi connectivity index (χ1) is 7.81. The molecule has 0 heterocycles. The summed E-state index contributed by atoms with van der Waals surface area (Å²) in [5.41, 5.74) is -1.93. The largest absolute Gasteiger partial charge is 0.479 e. The number of carbonyl (C=O) groups excluding carboxylic acids is 1. The summed E-state index contributed by atoms with van der Waals surface area (Å²) in [6.45, 7) is 2.97. The Balaban J connectivity index is 2.28. The lowest BCUT2D eigenvalue weighted by molar-refractivity contribution is -0.155. The Morgan fingerprint density at radius 2 is 2.06 bits per heavy atom. The van der Waals surface area contributed by atoms with Gasteiger partial charge in [0.15, 0.2) is 5.60 Å². The van der Waals surface area contributed by atoms with Gasteiger partial charge in [-0.25, -0.2) is 9.59 Å². The van der Waals surface area contributed by atoms with E-state index in [0.29, 0.717) is 5.92 Å². The lowest BCUT2D eigenvalue weighted by Crippen LogP contribution is -2.50. The number of rotatable bonds is 4. The van der Waals surface area contributed by atoms with Gasteiger partial charge in [0.05, 0.1) is 6.54 Å². The predicted octanol–water partition coefficient (Wildman–Crippen LogP) is 0.310. The number of hydrogen-bond acceptors (Lipinski definition) is 3. The molecule has 3 unspecified atom stereocenters. The van der Waals surface area contributed by atoms with Crippen LogP contribution in [0.15, 0.2) is 0 Å². The summed E-state index contributed by atoms with van der Waals surface area (Å²) in [6.07, 6.45) is 2.99. The van der Waals surface area contributed by atoms with Gasteiger partial charge in [0, 0.05) is 6.04 Å². The molecule has 0 spiro atoms. The maximum absolute atomic E-state index is 11.4. The molecule has 1 aliphatic carbocycles. The Labute approximate surface area is 100 Å². The summed E-state index contributed by atoms with van der Waals surface area (Å²) in [5, 5.41) is 23.2. The molecule has 0 radical (unpaired) electrons. The first-order valence-corrected chi connectivity index (χ1v) is 5.81. The fraction of sp³-hybridized carbons (Fsp3) is 0.818. The van der Waals surface area contributed by atoms with Crippen LogP contribution in [0.2, 0.25) is 0 Å². The molecule has 0 saturated heterocycles. The predicted molar refractivity (Wildman–Crippen MR) is 61.6 cm³/mol. The Morgan fingerprint density at radius 1 is 1.41 bits per heavy atom. The Kier molecular flexibility index (Phi) is 4.34. The van der Waals surface area contributed by atoms with E-state index in [1.54, 1.807) is 0 Å². The molecular weight excluding hydrogens is 224 g/mol. The molecular formula is C11H20N2O4. The highest BCUT2D eigenvalue weighted by Crippen LogP contribution is 2.24. The second-order valence-corrected chi connectivity index (χ2v) is 5.02. The number of aliphatic hydroxyl groups is 1. The van der Waals surface area contributed by atoms with Crippen molar-refractivity contribution in [3.63, 3.8) is 0 Å². The minimum atomic E-state index is -1.93. The highest BCUT2D eigenvalue weighted by Gasteiger charge is 2.30. The van der Waals surface area contributed by atoms with Crippen molar-refractivity contribution in [2.24, 2.45) is 5.92 Å². The number of carbonyl (C=O) groups is 2. The minimum Gasteiger partial charge on any atom is -0.479 e. The molecule has 0 bridgehead atoms. The summed E-state index contributed by atoms with van der Waals surface area (Å²) >= 11 is 0. The maximum Gasteiger partial charge on any atom is 0.337 e. The summed E-state index contributed by atoms with van der Waals surface area (Å²) in [4.78, 5) is 22.0. The number of carboxylic acids is 1. The van der Waals surface area contributed by atoms with Gasteiger partial charge in [-0.15, -0.1) is 0 Å². The van der Waals surface area contributed by atoms with Crippen molar-refractivity contribution < 1.29 is 19.8 Å². The van der Waals surface area contributed by atoms with Crippen molar-refractivity contribution in [2.75, 3.05) is 6.54 Å². The monoisotopic (exact) mass is 244 g/mol. The zero-order valence-corrected chi connectivity index (χ0v) is 10.2. The number of nitrogens with one attached hydrogen (secondary N) is 2. The van der Waals surface area contributed by atoms with Crippen LogP contribution in [0.4, 0.5) is 4.79 Å². The first-order valence-electron chi connectivity index (χ1n) is 5.81. The van der Waals surface area contributed by atoms with Gasteiger partial charge in [-0.1, -0.05) is 6.92 Å².